The van der Waals surface area contributed by atoms with Gasteiger partial charge in [-0.05, 0) is 59.3 Å². The quantitative estimate of drug-likeness (QED) is 0.563. The summed E-state index contributed by atoms with van der Waals surface area (Å²) in [6.45, 7) is 1.98. The lowest BCUT2D eigenvalue weighted by Crippen LogP contribution is -2.02. The number of nitrogens with two attached hydrogens (primary N) is 1. The fraction of sp³-hybridized carbons (Fsp3) is 0.0714. The molecular formula is C14H10BrFIN3. The lowest BCUT2D eigenvalue weighted by molar-refractivity contribution is 0.622. The van der Waals surface area contributed by atoms with Crippen LogP contribution in [0.5, 0.6) is 0 Å². The molecule has 0 fully saturated rings. The van der Waals surface area contributed by atoms with E-state index in [0.717, 1.165) is 15.7 Å². The molecule has 102 valence electrons. The van der Waals surface area contributed by atoms with Crippen molar-refractivity contribution >= 4 is 55.5 Å². The van der Waals surface area contributed by atoms with Crippen molar-refractivity contribution in [1.29, 1.82) is 0 Å². The minimum Gasteiger partial charge on any atom is -0.369 e. The van der Waals surface area contributed by atoms with E-state index < -0.39 is 0 Å². The van der Waals surface area contributed by atoms with Crippen molar-refractivity contribution in [3.63, 3.8) is 0 Å². The lowest BCUT2D eigenvalue weighted by atomic mass is 10.2. The van der Waals surface area contributed by atoms with E-state index in [0.29, 0.717) is 20.6 Å². The fourth-order valence-electron chi connectivity index (χ4n) is 2.21. The summed E-state index contributed by atoms with van der Waals surface area (Å²) in [5.41, 5.74) is 9.30. The standard InChI is InChI=1S/C14H10BrFIN3/c1-7-4-8(15)2-3-12(7)20-13-5-9(16)10(17)6-11(13)19-14(20)18/h2-6H,1H3,(H2,18,19). The van der Waals surface area contributed by atoms with Crippen LogP contribution in [0.1, 0.15) is 5.56 Å². The number of anilines is 1. The zero-order valence-corrected chi connectivity index (χ0v) is 14.2. The molecule has 0 aliphatic heterocycles. The van der Waals surface area contributed by atoms with Crippen LogP contribution in [0.2, 0.25) is 0 Å². The summed E-state index contributed by atoms with van der Waals surface area (Å²) >= 11 is 5.38. The van der Waals surface area contributed by atoms with E-state index in [-0.39, 0.29) is 5.82 Å². The molecule has 0 saturated heterocycles. The van der Waals surface area contributed by atoms with Gasteiger partial charge in [0.1, 0.15) is 5.82 Å². The van der Waals surface area contributed by atoms with Crippen LogP contribution < -0.4 is 5.73 Å². The Kier molecular flexibility index (Phi) is 3.45. The van der Waals surface area contributed by atoms with Gasteiger partial charge in [-0.3, -0.25) is 4.57 Å². The molecule has 0 unspecified atom stereocenters. The number of halogens is 3. The molecule has 0 amide bonds. The van der Waals surface area contributed by atoms with Crippen LogP contribution in [0.3, 0.4) is 0 Å². The Labute approximate surface area is 137 Å². The Hall–Kier alpha value is -1.15. The van der Waals surface area contributed by atoms with Gasteiger partial charge < -0.3 is 5.73 Å². The summed E-state index contributed by atoms with van der Waals surface area (Å²) in [5.74, 6) is 0.0841. The van der Waals surface area contributed by atoms with Gasteiger partial charge in [0.25, 0.3) is 0 Å². The second-order valence-corrected chi connectivity index (χ2v) is 6.57. The molecule has 0 aliphatic rings. The van der Waals surface area contributed by atoms with Crippen molar-refractivity contribution in [1.82, 2.24) is 9.55 Å². The summed E-state index contributed by atoms with van der Waals surface area (Å²) in [5, 5.41) is 0. The summed E-state index contributed by atoms with van der Waals surface area (Å²) in [6.07, 6.45) is 0. The van der Waals surface area contributed by atoms with Gasteiger partial charge in [0.2, 0.25) is 5.95 Å². The van der Waals surface area contributed by atoms with Crippen LogP contribution in [0.4, 0.5) is 10.3 Å². The molecule has 3 rings (SSSR count). The molecule has 3 aromatic rings. The molecule has 3 nitrogen and oxygen atoms in total. The SMILES string of the molecule is Cc1cc(Br)ccc1-n1c(N)nc2cc(I)c(F)cc21. The number of nitrogens with zero attached hydrogens (tertiary/aromatic N) is 2. The average Bonchev–Trinajstić information content (AvgIpc) is 2.66. The smallest absolute Gasteiger partial charge is 0.205 e. The lowest BCUT2D eigenvalue weighted by Gasteiger charge is -2.10. The van der Waals surface area contributed by atoms with E-state index in [9.17, 15) is 4.39 Å². The number of rotatable bonds is 1. The summed E-state index contributed by atoms with van der Waals surface area (Å²) in [6, 6.07) is 9.03. The van der Waals surface area contributed by atoms with Crippen LogP contribution in [0, 0.1) is 16.3 Å². The second kappa shape index (κ2) is 5.00. The minimum atomic E-state index is -0.269. The van der Waals surface area contributed by atoms with E-state index in [1.54, 1.807) is 10.6 Å². The number of hydrogen-bond donors (Lipinski definition) is 1. The first-order valence-electron chi connectivity index (χ1n) is 5.87. The third kappa shape index (κ3) is 2.20. The van der Waals surface area contributed by atoms with E-state index >= 15 is 0 Å². The highest BCUT2D eigenvalue weighted by atomic mass is 127. The maximum atomic E-state index is 13.8. The molecule has 0 aliphatic carbocycles. The Balaban J connectivity index is 2.35. The molecule has 2 aromatic carbocycles. The highest BCUT2D eigenvalue weighted by molar-refractivity contribution is 14.1. The molecule has 1 heterocycles. The normalized spacial score (nSPS) is 11.2. The molecule has 0 bridgehead atoms. The van der Waals surface area contributed by atoms with Crippen molar-refractivity contribution in [2.75, 3.05) is 5.73 Å². The Morgan fingerprint density at radius 3 is 2.75 bits per heavy atom. The largest absolute Gasteiger partial charge is 0.369 e. The third-order valence-corrected chi connectivity index (χ3v) is 4.44. The van der Waals surface area contributed by atoms with Crippen LogP contribution in [-0.4, -0.2) is 9.55 Å². The maximum absolute atomic E-state index is 13.8. The number of fused-ring (bicyclic) bond motifs is 1. The maximum Gasteiger partial charge on any atom is 0.205 e. The Morgan fingerprint density at radius 1 is 1.30 bits per heavy atom. The predicted molar refractivity (Wildman–Crippen MR) is 90.6 cm³/mol. The first-order valence-corrected chi connectivity index (χ1v) is 7.74. The van der Waals surface area contributed by atoms with E-state index in [4.69, 9.17) is 5.73 Å². The first kappa shape index (κ1) is 13.8. The molecule has 1 aromatic heterocycles. The number of nitrogen functional groups attached to an aromatic ring is 1. The van der Waals surface area contributed by atoms with Gasteiger partial charge in [-0.15, -0.1) is 0 Å². The van der Waals surface area contributed by atoms with Crippen molar-refractivity contribution in [3.05, 3.63) is 49.8 Å². The third-order valence-electron chi connectivity index (χ3n) is 3.12. The van der Waals surface area contributed by atoms with Crippen LogP contribution >= 0.6 is 38.5 Å². The topological polar surface area (TPSA) is 43.8 Å². The van der Waals surface area contributed by atoms with Crippen molar-refractivity contribution in [3.8, 4) is 5.69 Å². The van der Waals surface area contributed by atoms with Gasteiger partial charge in [0, 0.05) is 10.5 Å². The minimum absolute atomic E-state index is 0.269. The first-order chi connectivity index (χ1) is 9.47. The second-order valence-electron chi connectivity index (χ2n) is 4.49. The molecule has 2 N–H and O–H groups in total. The molecule has 0 saturated carbocycles. The number of hydrogen-bond acceptors (Lipinski definition) is 2. The molecular weight excluding hydrogens is 436 g/mol. The summed E-state index contributed by atoms with van der Waals surface area (Å²) < 4.78 is 17.1. The van der Waals surface area contributed by atoms with Crippen LogP contribution in [0.25, 0.3) is 16.7 Å². The number of aryl methyl sites for hydroxylation is 1. The zero-order chi connectivity index (χ0) is 14.4. The van der Waals surface area contributed by atoms with Gasteiger partial charge in [-0.1, -0.05) is 15.9 Å². The van der Waals surface area contributed by atoms with Crippen molar-refractivity contribution < 1.29 is 4.39 Å². The number of aromatic nitrogens is 2. The monoisotopic (exact) mass is 445 g/mol. The van der Waals surface area contributed by atoms with Gasteiger partial charge >= 0.3 is 0 Å². The van der Waals surface area contributed by atoms with Crippen LogP contribution in [-0.2, 0) is 0 Å². The summed E-state index contributed by atoms with van der Waals surface area (Å²) in [4.78, 5) is 4.31. The van der Waals surface area contributed by atoms with Gasteiger partial charge in [0.05, 0.1) is 20.3 Å². The predicted octanol–water partition coefficient (Wildman–Crippen LogP) is 4.42. The van der Waals surface area contributed by atoms with Gasteiger partial charge in [-0.25, -0.2) is 9.37 Å². The number of benzene rings is 2. The molecule has 0 radical (unpaired) electrons. The number of imidazole rings is 1. The molecule has 0 spiro atoms. The average molecular weight is 446 g/mol. The Bertz CT molecular complexity index is 829. The highest BCUT2D eigenvalue weighted by Crippen LogP contribution is 2.28. The highest BCUT2D eigenvalue weighted by Gasteiger charge is 2.14. The van der Waals surface area contributed by atoms with E-state index in [1.807, 2.05) is 47.7 Å². The molecule has 20 heavy (non-hydrogen) atoms. The molecule has 0 atom stereocenters. The van der Waals surface area contributed by atoms with Gasteiger partial charge in [0.15, 0.2) is 0 Å². The van der Waals surface area contributed by atoms with Crippen molar-refractivity contribution in [2.24, 2.45) is 0 Å². The van der Waals surface area contributed by atoms with Gasteiger partial charge in [-0.2, -0.15) is 0 Å². The molecule has 6 heteroatoms. The zero-order valence-electron chi connectivity index (χ0n) is 10.5. The van der Waals surface area contributed by atoms with E-state index in [1.165, 1.54) is 6.07 Å². The Morgan fingerprint density at radius 2 is 2.05 bits per heavy atom. The van der Waals surface area contributed by atoms with E-state index in [2.05, 4.69) is 20.9 Å². The van der Waals surface area contributed by atoms with Crippen LogP contribution in [0.15, 0.2) is 34.8 Å². The fourth-order valence-corrected chi connectivity index (χ4v) is 3.14. The summed E-state index contributed by atoms with van der Waals surface area (Å²) in [7, 11) is 0. The van der Waals surface area contributed by atoms with Crippen molar-refractivity contribution in [2.45, 2.75) is 6.92 Å².